The van der Waals surface area contributed by atoms with Crippen LogP contribution in [-0.4, -0.2) is 0 Å². The van der Waals surface area contributed by atoms with Gasteiger partial charge in [0.15, 0.2) is 0 Å². The van der Waals surface area contributed by atoms with Crippen molar-refractivity contribution in [2.45, 2.75) is 74.7 Å². The normalized spacial score (nSPS) is 19.1. The molecule has 0 saturated carbocycles. The van der Waals surface area contributed by atoms with Crippen molar-refractivity contribution < 1.29 is 0 Å². The Morgan fingerprint density at radius 2 is 1.20 bits per heavy atom. The van der Waals surface area contributed by atoms with Crippen molar-refractivity contribution in [1.82, 2.24) is 0 Å². The lowest BCUT2D eigenvalue weighted by Gasteiger charge is -2.32. The van der Waals surface area contributed by atoms with Gasteiger partial charge in [-0.2, -0.15) is 0 Å². The van der Waals surface area contributed by atoms with E-state index in [0.717, 1.165) is 0 Å². The second-order valence-electron chi connectivity index (χ2n) is 9.34. The molecule has 0 unspecified atom stereocenters. The molecule has 0 bridgehead atoms. The van der Waals surface area contributed by atoms with Crippen molar-refractivity contribution in [2.24, 2.45) is 5.41 Å². The van der Waals surface area contributed by atoms with Gasteiger partial charge in [0, 0.05) is 0 Å². The standard InChI is InChI=1S/C30H42/c1-24(2)14-11-17-25(3)15-9-10-16-26(4)18-12-19-27(5)21-22-29-28(6)20-13-23-30(29,7)8/h9-12,14-19,21-22H,13,20,23H2,1-8H3/b10-9+,17-11+,18-12-,22-21+,25-15+,26-16+,27-19-. The Morgan fingerprint density at radius 1 is 0.700 bits per heavy atom. The Bertz CT molecular complexity index is 832. The van der Waals surface area contributed by atoms with Crippen molar-refractivity contribution in [3.05, 3.63) is 106 Å². The Labute approximate surface area is 186 Å². The summed E-state index contributed by atoms with van der Waals surface area (Å²) in [5.41, 5.74) is 8.43. The van der Waals surface area contributed by atoms with E-state index < -0.39 is 0 Å². The highest BCUT2D eigenvalue weighted by Crippen LogP contribution is 2.40. The lowest BCUT2D eigenvalue weighted by Crippen LogP contribution is -2.19. The third-order valence-electron chi connectivity index (χ3n) is 5.39. The van der Waals surface area contributed by atoms with E-state index in [4.69, 9.17) is 0 Å². The molecule has 0 radical (unpaired) electrons. The highest BCUT2D eigenvalue weighted by atomic mass is 14.3. The van der Waals surface area contributed by atoms with Crippen molar-refractivity contribution >= 4 is 0 Å². The maximum Gasteiger partial charge on any atom is -0.0104 e. The summed E-state index contributed by atoms with van der Waals surface area (Å²) in [6.45, 7) is 17.6. The van der Waals surface area contributed by atoms with Crippen LogP contribution in [0.4, 0.5) is 0 Å². The van der Waals surface area contributed by atoms with Crippen molar-refractivity contribution in [3.8, 4) is 0 Å². The summed E-state index contributed by atoms with van der Waals surface area (Å²) < 4.78 is 0. The minimum atomic E-state index is 0.300. The molecule has 0 saturated heterocycles. The van der Waals surface area contributed by atoms with Crippen LogP contribution in [0.25, 0.3) is 0 Å². The first-order valence-corrected chi connectivity index (χ1v) is 11.2. The summed E-state index contributed by atoms with van der Waals surface area (Å²) in [5.74, 6) is 0. The molecule has 30 heavy (non-hydrogen) atoms. The van der Waals surface area contributed by atoms with E-state index in [9.17, 15) is 0 Å². The highest BCUT2D eigenvalue weighted by Gasteiger charge is 2.26. The van der Waals surface area contributed by atoms with Crippen LogP contribution in [0, 0.1) is 5.41 Å². The predicted molar refractivity (Wildman–Crippen MR) is 138 cm³/mol. The van der Waals surface area contributed by atoms with Crippen molar-refractivity contribution in [2.75, 3.05) is 0 Å². The zero-order valence-corrected chi connectivity index (χ0v) is 20.5. The van der Waals surface area contributed by atoms with Crippen LogP contribution >= 0.6 is 0 Å². The first-order valence-electron chi connectivity index (χ1n) is 11.2. The van der Waals surface area contributed by atoms with Gasteiger partial charge in [-0.1, -0.05) is 115 Å². The fourth-order valence-electron chi connectivity index (χ4n) is 3.55. The molecule has 0 spiro atoms. The molecule has 0 aliphatic heterocycles. The third-order valence-corrected chi connectivity index (χ3v) is 5.39. The summed E-state index contributed by atoms with van der Waals surface area (Å²) in [6.07, 6.45) is 29.7. The molecule has 0 N–H and O–H groups in total. The van der Waals surface area contributed by atoms with Gasteiger partial charge in [-0.25, -0.2) is 0 Å². The summed E-state index contributed by atoms with van der Waals surface area (Å²) in [7, 11) is 0. The minimum Gasteiger partial charge on any atom is -0.0764 e. The van der Waals surface area contributed by atoms with E-state index in [1.165, 1.54) is 47.1 Å². The average Bonchev–Trinajstić information content (AvgIpc) is 2.64. The average molecular weight is 403 g/mol. The van der Waals surface area contributed by atoms with Crippen LogP contribution in [0.5, 0.6) is 0 Å². The highest BCUT2D eigenvalue weighted by molar-refractivity contribution is 5.37. The Hall–Kier alpha value is -2.34. The molecule has 0 amide bonds. The van der Waals surface area contributed by atoms with Gasteiger partial charge in [-0.15, -0.1) is 0 Å². The van der Waals surface area contributed by atoms with E-state index in [0.29, 0.717) is 5.41 Å². The summed E-state index contributed by atoms with van der Waals surface area (Å²) in [6, 6.07) is 0. The topological polar surface area (TPSA) is 0 Å². The number of rotatable bonds is 8. The van der Waals surface area contributed by atoms with Gasteiger partial charge in [0.2, 0.25) is 0 Å². The predicted octanol–water partition coefficient (Wildman–Crippen LogP) is 9.54. The Kier molecular flexibility index (Phi) is 11.2. The minimum absolute atomic E-state index is 0.300. The van der Waals surface area contributed by atoms with E-state index in [1.807, 2.05) is 0 Å². The fraction of sp³-hybridized carbons (Fsp3) is 0.400. The lowest BCUT2D eigenvalue weighted by molar-refractivity contribution is 0.377. The molecule has 1 aliphatic carbocycles. The Balaban J connectivity index is 2.65. The van der Waals surface area contributed by atoms with Gasteiger partial charge in [-0.3, -0.25) is 0 Å². The van der Waals surface area contributed by atoms with Crippen LogP contribution in [0.2, 0.25) is 0 Å². The van der Waals surface area contributed by atoms with Crippen LogP contribution < -0.4 is 0 Å². The molecular formula is C30H42. The maximum absolute atomic E-state index is 2.37. The lowest BCUT2D eigenvalue weighted by atomic mass is 9.72. The molecule has 1 rings (SSSR count). The van der Waals surface area contributed by atoms with E-state index in [2.05, 4.69) is 128 Å². The third kappa shape index (κ3) is 10.4. The van der Waals surface area contributed by atoms with E-state index >= 15 is 0 Å². The monoisotopic (exact) mass is 402 g/mol. The molecular weight excluding hydrogens is 360 g/mol. The fourth-order valence-corrected chi connectivity index (χ4v) is 3.55. The molecule has 0 aromatic heterocycles. The summed E-state index contributed by atoms with van der Waals surface area (Å²) >= 11 is 0. The molecule has 0 aromatic rings. The van der Waals surface area contributed by atoms with E-state index in [-0.39, 0.29) is 0 Å². The second-order valence-corrected chi connectivity index (χ2v) is 9.34. The van der Waals surface area contributed by atoms with Gasteiger partial charge < -0.3 is 0 Å². The molecule has 0 nitrogen and oxygen atoms in total. The van der Waals surface area contributed by atoms with Crippen LogP contribution in [-0.2, 0) is 0 Å². The molecule has 162 valence electrons. The van der Waals surface area contributed by atoms with Crippen molar-refractivity contribution in [3.63, 3.8) is 0 Å². The van der Waals surface area contributed by atoms with Gasteiger partial charge in [0.1, 0.15) is 0 Å². The Morgan fingerprint density at radius 3 is 1.73 bits per heavy atom. The molecule has 0 aromatic carbocycles. The maximum atomic E-state index is 2.37. The van der Waals surface area contributed by atoms with Gasteiger partial charge >= 0.3 is 0 Å². The molecule has 0 heteroatoms. The SMILES string of the molecule is CC(C)=C/C=C/C(C)=C/C=C/C=C(C)/C=C\C=C(C)/C=C/C1=C(C)CCCC1(C)C. The zero-order chi connectivity index (χ0) is 22.6. The van der Waals surface area contributed by atoms with Crippen molar-refractivity contribution in [1.29, 1.82) is 0 Å². The first-order chi connectivity index (χ1) is 14.1. The molecule has 1 aliphatic rings. The van der Waals surface area contributed by atoms with Gasteiger partial charge in [-0.05, 0) is 71.8 Å². The number of allylic oxidation sites excluding steroid dienone is 18. The molecule has 0 fully saturated rings. The molecule has 0 heterocycles. The molecule has 0 atom stereocenters. The number of hydrogen-bond donors (Lipinski definition) is 0. The largest absolute Gasteiger partial charge is 0.0764 e. The second kappa shape index (κ2) is 13.1. The van der Waals surface area contributed by atoms with Gasteiger partial charge in [0.05, 0.1) is 0 Å². The summed E-state index contributed by atoms with van der Waals surface area (Å²) in [4.78, 5) is 0. The van der Waals surface area contributed by atoms with E-state index in [1.54, 1.807) is 5.57 Å². The van der Waals surface area contributed by atoms with Crippen LogP contribution in [0.1, 0.15) is 74.7 Å². The van der Waals surface area contributed by atoms with Crippen LogP contribution in [0.15, 0.2) is 106 Å². The van der Waals surface area contributed by atoms with Crippen LogP contribution in [0.3, 0.4) is 0 Å². The zero-order valence-electron chi connectivity index (χ0n) is 20.5. The van der Waals surface area contributed by atoms with Gasteiger partial charge in [0.25, 0.3) is 0 Å². The first kappa shape index (κ1) is 25.7. The quantitative estimate of drug-likeness (QED) is 0.354. The number of hydrogen-bond acceptors (Lipinski definition) is 0. The summed E-state index contributed by atoms with van der Waals surface area (Å²) in [5, 5.41) is 0. The smallest absolute Gasteiger partial charge is 0.0104 e.